The van der Waals surface area contributed by atoms with E-state index in [1.54, 1.807) is 18.3 Å². The monoisotopic (exact) mass is 356 g/mol. The van der Waals surface area contributed by atoms with Crippen LogP contribution in [-0.4, -0.2) is 47.8 Å². The molecule has 1 fully saturated rings. The fourth-order valence-electron chi connectivity index (χ4n) is 3.24. The molecule has 1 saturated heterocycles. The van der Waals surface area contributed by atoms with Crippen molar-refractivity contribution in [2.75, 3.05) is 26.2 Å². The molecular weight excluding hydrogens is 332 g/mol. The number of carbonyl (C=O) groups excluding carboxylic acids is 2. The Labute approximate surface area is 153 Å². The SMILES string of the molecule is CC(=O)N1CCN(C(=O)C(Cc2cccs2)c2ccc(C)cc2)CC1. The number of rotatable bonds is 4. The second-order valence-corrected chi connectivity index (χ2v) is 7.61. The number of aryl methyl sites for hydroxylation is 1. The number of amides is 2. The summed E-state index contributed by atoms with van der Waals surface area (Å²) in [6, 6.07) is 12.4. The minimum absolute atomic E-state index is 0.0840. The van der Waals surface area contributed by atoms with Gasteiger partial charge < -0.3 is 9.80 Å². The number of thiophene rings is 1. The molecule has 0 bridgehead atoms. The Balaban J connectivity index is 1.77. The summed E-state index contributed by atoms with van der Waals surface area (Å²) < 4.78 is 0. The predicted molar refractivity (Wildman–Crippen MR) is 101 cm³/mol. The first-order valence-corrected chi connectivity index (χ1v) is 9.56. The van der Waals surface area contributed by atoms with Crippen LogP contribution in [0.3, 0.4) is 0 Å². The van der Waals surface area contributed by atoms with Crippen molar-refractivity contribution in [2.24, 2.45) is 0 Å². The van der Waals surface area contributed by atoms with Gasteiger partial charge in [0.2, 0.25) is 11.8 Å². The van der Waals surface area contributed by atoms with E-state index in [2.05, 4.69) is 42.6 Å². The molecule has 4 nitrogen and oxygen atoms in total. The second-order valence-electron chi connectivity index (χ2n) is 6.58. The van der Waals surface area contributed by atoms with Crippen molar-refractivity contribution in [2.45, 2.75) is 26.2 Å². The van der Waals surface area contributed by atoms with E-state index >= 15 is 0 Å². The van der Waals surface area contributed by atoms with Gasteiger partial charge in [0.05, 0.1) is 5.92 Å². The van der Waals surface area contributed by atoms with Crippen molar-refractivity contribution in [1.82, 2.24) is 9.80 Å². The average Bonchev–Trinajstić information content (AvgIpc) is 3.13. The quantitative estimate of drug-likeness (QED) is 0.845. The van der Waals surface area contributed by atoms with E-state index in [4.69, 9.17) is 0 Å². The van der Waals surface area contributed by atoms with Crippen LogP contribution in [0.15, 0.2) is 41.8 Å². The van der Waals surface area contributed by atoms with Gasteiger partial charge in [-0.05, 0) is 30.4 Å². The van der Waals surface area contributed by atoms with Crippen LogP contribution in [0.25, 0.3) is 0 Å². The van der Waals surface area contributed by atoms with E-state index in [0.29, 0.717) is 26.2 Å². The van der Waals surface area contributed by atoms with Crippen LogP contribution in [0.1, 0.15) is 28.8 Å². The van der Waals surface area contributed by atoms with Crippen LogP contribution < -0.4 is 0 Å². The molecule has 1 unspecified atom stereocenters. The van der Waals surface area contributed by atoms with Gasteiger partial charge in [0, 0.05) is 38.0 Å². The summed E-state index contributed by atoms with van der Waals surface area (Å²) in [5, 5.41) is 2.05. The van der Waals surface area contributed by atoms with E-state index < -0.39 is 0 Å². The second kappa shape index (κ2) is 7.83. The lowest BCUT2D eigenvalue weighted by molar-refractivity contribution is -0.139. The third-order valence-corrected chi connectivity index (χ3v) is 5.70. The highest BCUT2D eigenvalue weighted by atomic mass is 32.1. The molecule has 2 heterocycles. The minimum Gasteiger partial charge on any atom is -0.339 e. The summed E-state index contributed by atoms with van der Waals surface area (Å²) in [6.45, 7) is 6.13. The fraction of sp³-hybridized carbons (Fsp3) is 0.400. The van der Waals surface area contributed by atoms with E-state index in [0.717, 1.165) is 12.0 Å². The fourth-order valence-corrected chi connectivity index (χ4v) is 3.99. The van der Waals surface area contributed by atoms with Crippen LogP contribution in [0.5, 0.6) is 0 Å². The molecule has 0 spiro atoms. The van der Waals surface area contributed by atoms with E-state index in [9.17, 15) is 9.59 Å². The molecule has 1 aromatic heterocycles. The minimum atomic E-state index is -0.164. The molecule has 0 N–H and O–H groups in total. The first-order chi connectivity index (χ1) is 12.0. The molecule has 5 heteroatoms. The first-order valence-electron chi connectivity index (χ1n) is 8.68. The standard InChI is InChI=1S/C20H24N2O2S/c1-15-5-7-17(8-6-15)19(14-18-4-3-13-25-18)20(24)22-11-9-21(10-12-22)16(2)23/h3-8,13,19H,9-12,14H2,1-2H3. The molecule has 132 valence electrons. The molecule has 1 aliphatic heterocycles. The number of carbonyl (C=O) groups is 2. The van der Waals surface area contributed by atoms with Crippen LogP contribution in [0.2, 0.25) is 0 Å². The zero-order chi connectivity index (χ0) is 17.8. The Kier molecular flexibility index (Phi) is 5.53. The van der Waals surface area contributed by atoms with Crippen molar-refractivity contribution < 1.29 is 9.59 Å². The van der Waals surface area contributed by atoms with Crippen LogP contribution in [-0.2, 0) is 16.0 Å². The van der Waals surface area contributed by atoms with E-state index in [-0.39, 0.29) is 17.7 Å². The Bertz CT molecular complexity index is 717. The smallest absolute Gasteiger partial charge is 0.230 e. The molecule has 0 aliphatic carbocycles. The lowest BCUT2D eigenvalue weighted by atomic mass is 9.92. The van der Waals surface area contributed by atoms with Gasteiger partial charge in [-0.15, -0.1) is 11.3 Å². The third kappa shape index (κ3) is 4.28. The molecule has 0 radical (unpaired) electrons. The lowest BCUT2D eigenvalue weighted by Gasteiger charge is -2.36. The number of nitrogens with zero attached hydrogens (tertiary/aromatic N) is 2. The van der Waals surface area contributed by atoms with Crippen molar-refractivity contribution in [3.8, 4) is 0 Å². The van der Waals surface area contributed by atoms with Gasteiger partial charge >= 0.3 is 0 Å². The van der Waals surface area contributed by atoms with Gasteiger partial charge in [0.15, 0.2) is 0 Å². The highest BCUT2D eigenvalue weighted by molar-refractivity contribution is 7.09. The zero-order valence-corrected chi connectivity index (χ0v) is 15.6. The van der Waals surface area contributed by atoms with Gasteiger partial charge in [-0.2, -0.15) is 0 Å². The maximum Gasteiger partial charge on any atom is 0.230 e. The summed E-state index contributed by atoms with van der Waals surface area (Å²) in [4.78, 5) is 29.7. The van der Waals surface area contributed by atoms with Gasteiger partial charge in [-0.1, -0.05) is 35.9 Å². The molecule has 1 atom stereocenters. The van der Waals surface area contributed by atoms with Gasteiger partial charge in [-0.25, -0.2) is 0 Å². The van der Waals surface area contributed by atoms with Gasteiger partial charge in [0.25, 0.3) is 0 Å². The average molecular weight is 356 g/mol. The van der Waals surface area contributed by atoms with Crippen LogP contribution in [0, 0.1) is 6.92 Å². The maximum absolute atomic E-state index is 13.2. The lowest BCUT2D eigenvalue weighted by Crippen LogP contribution is -2.51. The molecule has 1 aromatic carbocycles. The largest absolute Gasteiger partial charge is 0.339 e. The molecule has 2 amide bonds. The summed E-state index contributed by atoms with van der Waals surface area (Å²) in [7, 11) is 0. The first kappa shape index (κ1) is 17.7. The van der Waals surface area contributed by atoms with Crippen LogP contribution >= 0.6 is 11.3 Å². The molecule has 1 aliphatic rings. The molecule has 25 heavy (non-hydrogen) atoms. The van der Waals surface area contributed by atoms with Gasteiger partial charge in [0.1, 0.15) is 0 Å². The Morgan fingerprint density at radius 3 is 2.24 bits per heavy atom. The Morgan fingerprint density at radius 1 is 1.04 bits per heavy atom. The van der Waals surface area contributed by atoms with E-state index in [1.165, 1.54) is 10.4 Å². The summed E-state index contributed by atoms with van der Waals surface area (Å²) in [5.74, 6) is 0.0874. The van der Waals surface area contributed by atoms with Crippen LogP contribution in [0.4, 0.5) is 0 Å². The number of hydrogen-bond donors (Lipinski definition) is 0. The molecule has 3 rings (SSSR count). The number of hydrogen-bond acceptors (Lipinski definition) is 3. The topological polar surface area (TPSA) is 40.6 Å². The maximum atomic E-state index is 13.2. The molecule has 0 saturated carbocycles. The summed E-state index contributed by atoms with van der Waals surface area (Å²) in [6.07, 6.45) is 0.729. The third-order valence-electron chi connectivity index (χ3n) is 4.80. The van der Waals surface area contributed by atoms with E-state index in [1.807, 2.05) is 15.9 Å². The molecular formula is C20H24N2O2S. The van der Waals surface area contributed by atoms with Crippen molar-refractivity contribution in [3.05, 3.63) is 57.8 Å². The van der Waals surface area contributed by atoms with Crippen molar-refractivity contribution in [1.29, 1.82) is 0 Å². The Morgan fingerprint density at radius 2 is 1.68 bits per heavy atom. The Hall–Kier alpha value is -2.14. The highest BCUT2D eigenvalue weighted by Gasteiger charge is 2.29. The zero-order valence-electron chi connectivity index (χ0n) is 14.8. The molecule has 2 aromatic rings. The van der Waals surface area contributed by atoms with Crippen molar-refractivity contribution >= 4 is 23.2 Å². The predicted octanol–water partition coefficient (Wildman–Crippen LogP) is 3.07. The van der Waals surface area contributed by atoms with Crippen molar-refractivity contribution in [3.63, 3.8) is 0 Å². The summed E-state index contributed by atoms with van der Waals surface area (Å²) >= 11 is 1.69. The number of piperazine rings is 1. The number of benzene rings is 1. The normalized spacial score (nSPS) is 15.9. The van der Waals surface area contributed by atoms with Gasteiger partial charge in [-0.3, -0.25) is 9.59 Å². The highest BCUT2D eigenvalue weighted by Crippen LogP contribution is 2.26. The summed E-state index contributed by atoms with van der Waals surface area (Å²) in [5.41, 5.74) is 2.26.